The molecule has 98 valence electrons. The van der Waals surface area contributed by atoms with Crippen LogP contribution in [-0.2, 0) is 11.3 Å². The number of nitrogens with two attached hydrogens (primary N) is 1. The average Bonchev–Trinajstić information content (AvgIpc) is 2.42. The summed E-state index contributed by atoms with van der Waals surface area (Å²) in [6, 6.07) is 6.95. The molecule has 0 aliphatic rings. The summed E-state index contributed by atoms with van der Waals surface area (Å²) in [5.74, 6) is -0.212. The van der Waals surface area contributed by atoms with Gasteiger partial charge in [-0.3, -0.25) is 4.79 Å². The van der Waals surface area contributed by atoms with E-state index in [0.29, 0.717) is 24.2 Å². The standard InChI is InChI=1S/C12H17N3O3/c1-14-11(16)10-5-3-2-4-9(10)8-18-12(17)15-7-6-13/h2-5H,6-8,13H2,1H3,(H,14,16)(H,15,17). The van der Waals surface area contributed by atoms with Gasteiger partial charge in [-0.2, -0.15) is 0 Å². The highest BCUT2D eigenvalue weighted by molar-refractivity contribution is 5.95. The minimum atomic E-state index is -0.549. The van der Waals surface area contributed by atoms with Crippen molar-refractivity contribution in [2.75, 3.05) is 20.1 Å². The van der Waals surface area contributed by atoms with Crippen molar-refractivity contribution in [3.8, 4) is 0 Å². The summed E-state index contributed by atoms with van der Waals surface area (Å²) in [5, 5.41) is 5.01. The fourth-order valence-corrected chi connectivity index (χ4v) is 1.37. The van der Waals surface area contributed by atoms with Crippen LogP contribution >= 0.6 is 0 Å². The molecule has 0 heterocycles. The Bertz CT molecular complexity index is 421. The first-order valence-corrected chi connectivity index (χ1v) is 5.59. The molecule has 0 radical (unpaired) electrons. The van der Waals surface area contributed by atoms with E-state index in [9.17, 15) is 9.59 Å². The molecule has 6 heteroatoms. The van der Waals surface area contributed by atoms with E-state index in [1.165, 1.54) is 0 Å². The zero-order valence-corrected chi connectivity index (χ0v) is 10.2. The molecule has 0 saturated heterocycles. The monoisotopic (exact) mass is 251 g/mol. The zero-order valence-electron chi connectivity index (χ0n) is 10.2. The normalized spacial score (nSPS) is 9.67. The Morgan fingerprint density at radius 2 is 2.06 bits per heavy atom. The Kier molecular flexibility index (Phi) is 5.66. The number of rotatable bonds is 5. The quantitative estimate of drug-likeness (QED) is 0.698. The van der Waals surface area contributed by atoms with Gasteiger partial charge < -0.3 is 21.1 Å². The predicted octanol–water partition coefficient (Wildman–Crippen LogP) is 0.231. The van der Waals surface area contributed by atoms with Gasteiger partial charge in [0, 0.05) is 31.3 Å². The molecule has 0 atom stereocenters. The lowest BCUT2D eigenvalue weighted by Gasteiger charge is -2.09. The van der Waals surface area contributed by atoms with Gasteiger partial charge in [0.2, 0.25) is 0 Å². The molecule has 0 aromatic heterocycles. The van der Waals surface area contributed by atoms with Gasteiger partial charge in [0.25, 0.3) is 5.91 Å². The summed E-state index contributed by atoms with van der Waals surface area (Å²) in [7, 11) is 1.55. The second-order valence-corrected chi connectivity index (χ2v) is 3.53. The molecule has 0 spiro atoms. The van der Waals surface area contributed by atoms with Crippen molar-refractivity contribution in [2.24, 2.45) is 5.73 Å². The van der Waals surface area contributed by atoms with Crippen LogP contribution in [0.25, 0.3) is 0 Å². The molecule has 0 saturated carbocycles. The van der Waals surface area contributed by atoms with Crippen molar-refractivity contribution >= 4 is 12.0 Å². The molecule has 1 aromatic rings. The van der Waals surface area contributed by atoms with E-state index in [1.807, 2.05) is 0 Å². The largest absolute Gasteiger partial charge is 0.445 e. The maximum absolute atomic E-state index is 11.6. The molecule has 2 amide bonds. The van der Waals surface area contributed by atoms with Crippen LogP contribution in [0.1, 0.15) is 15.9 Å². The van der Waals surface area contributed by atoms with Crippen LogP contribution in [0, 0.1) is 0 Å². The van der Waals surface area contributed by atoms with Crippen molar-refractivity contribution < 1.29 is 14.3 Å². The second kappa shape index (κ2) is 7.29. The molecule has 1 aromatic carbocycles. The van der Waals surface area contributed by atoms with Gasteiger partial charge in [-0.05, 0) is 6.07 Å². The molecule has 0 aliphatic carbocycles. The molecule has 18 heavy (non-hydrogen) atoms. The Morgan fingerprint density at radius 3 is 2.72 bits per heavy atom. The SMILES string of the molecule is CNC(=O)c1ccccc1COC(=O)NCCN. The number of ether oxygens (including phenoxy) is 1. The van der Waals surface area contributed by atoms with Gasteiger partial charge in [0.15, 0.2) is 0 Å². The molecule has 4 N–H and O–H groups in total. The van der Waals surface area contributed by atoms with Crippen molar-refractivity contribution in [3.63, 3.8) is 0 Å². The van der Waals surface area contributed by atoms with Crippen LogP contribution in [0.3, 0.4) is 0 Å². The summed E-state index contributed by atoms with van der Waals surface area (Å²) < 4.78 is 4.98. The van der Waals surface area contributed by atoms with E-state index in [0.717, 1.165) is 0 Å². The number of nitrogens with one attached hydrogen (secondary N) is 2. The van der Waals surface area contributed by atoms with Crippen LogP contribution in [0.4, 0.5) is 4.79 Å². The van der Waals surface area contributed by atoms with Gasteiger partial charge in [-0.15, -0.1) is 0 Å². The van der Waals surface area contributed by atoms with Gasteiger partial charge >= 0.3 is 6.09 Å². The minimum Gasteiger partial charge on any atom is -0.445 e. The van der Waals surface area contributed by atoms with Crippen molar-refractivity contribution in [2.45, 2.75) is 6.61 Å². The van der Waals surface area contributed by atoms with E-state index in [2.05, 4.69) is 10.6 Å². The van der Waals surface area contributed by atoms with Crippen LogP contribution in [0.15, 0.2) is 24.3 Å². The highest BCUT2D eigenvalue weighted by Crippen LogP contribution is 2.10. The molecule has 6 nitrogen and oxygen atoms in total. The fraction of sp³-hybridized carbons (Fsp3) is 0.333. The number of carbonyl (C=O) groups excluding carboxylic acids is 2. The third kappa shape index (κ3) is 4.06. The Labute approximate surface area is 105 Å². The van der Waals surface area contributed by atoms with E-state index in [-0.39, 0.29) is 12.5 Å². The molecule has 0 unspecified atom stereocenters. The van der Waals surface area contributed by atoms with Crippen LogP contribution in [-0.4, -0.2) is 32.1 Å². The average molecular weight is 251 g/mol. The van der Waals surface area contributed by atoms with Crippen LogP contribution in [0.5, 0.6) is 0 Å². The summed E-state index contributed by atoms with van der Waals surface area (Å²) in [6.45, 7) is 0.750. The van der Waals surface area contributed by atoms with Crippen molar-refractivity contribution in [3.05, 3.63) is 35.4 Å². The first-order chi connectivity index (χ1) is 8.69. The third-order valence-corrected chi connectivity index (χ3v) is 2.26. The molecular weight excluding hydrogens is 234 g/mol. The van der Waals surface area contributed by atoms with E-state index in [4.69, 9.17) is 10.5 Å². The smallest absolute Gasteiger partial charge is 0.407 e. The minimum absolute atomic E-state index is 0.0417. The van der Waals surface area contributed by atoms with Gasteiger partial charge in [-0.25, -0.2) is 4.79 Å². The summed E-state index contributed by atoms with van der Waals surface area (Å²) in [5.41, 5.74) is 6.39. The first kappa shape index (κ1) is 14.0. The molecule has 0 bridgehead atoms. The van der Waals surface area contributed by atoms with Crippen molar-refractivity contribution in [1.82, 2.24) is 10.6 Å². The zero-order chi connectivity index (χ0) is 13.4. The highest BCUT2D eigenvalue weighted by Gasteiger charge is 2.10. The van der Waals surface area contributed by atoms with Gasteiger partial charge in [0.1, 0.15) is 6.61 Å². The first-order valence-electron chi connectivity index (χ1n) is 5.59. The molecule has 0 fully saturated rings. The summed E-state index contributed by atoms with van der Waals surface area (Å²) >= 11 is 0. The van der Waals surface area contributed by atoms with Crippen LogP contribution in [0.2, 0.25) is 0 Å². The molecule has 0 aliphatic heterocycles. The maximum atomic E-state index is 11.6. The summed E-state index contributed by atoms with van der Waals surface area (Å²) in [4.78, 5) is 22.8. The Hall–Kier alpha value is -2.08. The predicted molar refractivity (Wildman–Crippen MR) is 67.1 cm³/mol. The Balaban J connectivity index is 2.61. The fourth-order valence-electron chi connectivity index (χ4n) is 1.37. The second-order valence-electron chi connectivity index (χ2n) is 3.53. The lowest BCUT2D eigenvalue weighted by molar-refractivity contribution is 0.0956. The van der Waals surface area contributed by atoms with Gasteiger partial charge in [-0.1, -0.05) is 18.2 Å². The lowest BCUT2D eigenvalue weighted by atomic mass is 10.1. The number of hydrogen-bond acceptors (Lipinski definition) is 4. The lowest BCUT2D eigenvalue weighted by Crippen LogP contribution is -2.29. The van der Waals surface area contributed by atoms with Crippen molar-refractivity contribution in [1.29, 1.82) is 0 Å². The number of benzene rings is 1. The van der Waals surface area contributed by atoms with Crippen LogP contribution < -0.4 is 16.4 Å². The number of carbonyl (C=O) groups is 2. The number of amides is 2. The number of hydrogen-bond donors (Lipinski definition) is 3. The topological polar surface area (TPSA) is 93.4 Å². The molecule has 1 rings (SSSR count). The van der Waals surface area contributed by atoms with Gasteiger partial charge in [0.05, 0.1) is 0 Å². The van der Waals surface area contributed by atoms with E-state index >= 15 is 0 Å². The maximum Gasteiger partial charge on any atom is 0.407 e. The summed E-state index contributed by atoms with van der Waals surface area (Å²) in [6.07, 6.45) is -0.549. The number of alkyl carbamates (subject to hydrolysis) is 1. The third-order valence-electron chi connectivity index (χ3n) is 2.26. The Morgan fingerprint density at radius 1 is 1.33 bits per heavy atom. The highest BCUT2D eigenvalue weighted by atomic mass is 16.5. The van der Waals surface area contributed by atoms with E-state index < -0.39 is 6.09 Å². The van der Waals surface area contributed by atoms with E-state index in [1.54, 1.807) is 31.3 Å². The molecular formula is C12H17N3O3.